The number of piperidine rings is 1. The van der Waals surface area contributed by atoms with Crippen LogP contribution in [-0.4, -0.2) is 36.5 Å². The number of likely N-dealkylation sites (tertiary alicyclic amines) is 1. The van der Waals surface area contributed by atoms with Crippen LogP contribution < -0.4 is 0 Å². The molecule has 0 radical (unpaired) electrons. The SMILES string of the molecule is COC(=O)CC1CCCCN1C(=O)c1ccccc1Br. The first-order valence-corrected chi connectivity index (χ1v) is 7.55. The second-order valence-corrected chi connectivity index (χ2v) is 5.76. The summed E-state index contributed by atoms with van der Waals surface area (Å²) in [7, 11) is 1.38. The second kappa shape index (κ2) is 6.88. The predicted octanol–water partition coefficient (Wildman–Crippen LogP) is 3.01. The van der Waals surface area contributed by atoms with Crippen LogP contribution in [0, 0.1) is 0 Å². The fourth-order valence-corrected chi connectivity index (χ4v) is 3.00. The van der Waals surface area contributed by atoms with Crippen LogP contribution in [0.5, 0.6) is 0 Å². The van der Waals surface area contributed by atoms with Gasteiger partial charge in [0.25, 0.3) is 5.91 Å². The Bertz CT molecular complexity index is 504. The molecule has 1 aromatic rings. The van der Waals surface area contributed by atoms with Crippen molar-refractivity contribution in [2.75, 3.05) is 13.7 Å². The van der Waals surface area contributed by atoms with Gasteiger partial charge >= 0.3 is 5.97 Å². The number of esters is 1. The lowest BCUT2D eigenvalue weighted by Gasteiger charge is -2.35. The average Bonchev–Trinajstić information content (AvgIpc) is 2.47. The quantitative estimate of drug-likeness (QED) is 0.795. The van der Waals surface area contributed by atoms with Crippen molar-refractivity contribution in [2.24, 2.45) is 0 Å². The lowest BCUT2D eigenvalue weighted by atomic mass is 9.98. The Morgan fingerprint density at radius 1 is 1.35 bits per heavy atom. The van der Waals surface area contributed by atoms with E-state index in [1.165, 1.54) is 7.11 Å². The topological polar surface area (TPSA) is 46.6 Å². The smallest absolute Gasteiger partial charge is 0.307 e. The Morgan fingerprint density at radius 2 is 2.10 bits per heavy atom. The van der Waals surface area contributed by atoms with E-state index >= 15 is 0 Å². The first kappa shape index (κ1) is 15.0. The minimum Gasteiger partial charge on any atom is -0.469 e. The van der Waals surface area contributed by atoms with E-state index in [0.29, 0.717) is 12.1 Å². The van der Waals surface area contributed by atoms with E-state index in [4.69, 9.17) is 4.74 Å². The molecule has 0 aliphatic carbocycles. The molecule has 1 aliphatic rings. The zero-order chi connectivity index (χ0) is 14.5. The maximum absolute atomic E-state index is 12.6. The number of halogens is 1. The van der Waals surface area contributed by atoms with Crippen molar-refractivity contribution in [3.05, 3.63) is 34.3 Å². The van der Waals surface area contributed by atoms with Gasteiger partial charge in [0.15, 0.2) is 0 Å². The van der Waals surface area contributed by atoms with E-state index in [1.54, 1.807) is 11.0 Å². The summed E-state index contributed by atoms with van der Waals surface area (Å²) in [5, 5.41) is 0. The Morgan fingerprint density at radius 3 is 2.80 bits per heavy atom. The summed E-state index contributed by atoms with van der Waals surface area (Å²) in [5.41, 5.74) is 0.643. The molecule has 4 nitrogen and oxygen atoms in total. The van der Waals surface area contributed by atoms with Crippen LogP contribution in [0.25, 0.3) is 0 Å². The third kappa shape index (κ3) is 3.39. The highest BCUT2D eigenvalue weighted by atomic mass is 79.9. The molecule has 0 bridgehead atoms. The highest BCUT2D eigenvalue weighted by Crippen LogP contribution is 2.25. The van der Waals surface area contributed by atoms with Crippen molar-refractivity contribution in [2.45, 2.75) is 31.7 Å². The summed E-state index contributed by atoms with van der Waals surface area (Å²) < 4.78 is 5.51. The number of carbonyl (C=O) groups excluding carboxylic acids is 2. The molecule has 1 aliphatic heterocycles. The summed E-state index contributed by atoms with van der Waals surface area (Å²) in [5.74, 6) is -0.284. The van der Waals surface area contributed by atoms with E-state index < -0.39 is 0 Å². The number of hydrogen-bond donors (Lipinski definition) is 0. The molecule has 1 saturated heterocycles. The molecule has 1 fully saturated rings. The van der Waals surface area contributed by atoms with Gasteiger partial charge in [-0.2, -0.15) is 0 Å². The molecule has 0 spiro atoms. The predicted molar refractivity (Wildman–Crippen MR) is 79.5 cm³/mol. The van der Waals surface area contributed by atoms with Gasteiger partial charge < -0.3 is 9.64 Å². The first-order valence-electron chi connectivity index (χ1n) is 6.76. The Hall–Kier alpha value is -1.36. The molecule has 5 heteroatoms. The van der Waals surface area contributed by atoms with Crippen molar-refractivity contribution in [3.8, 4) is 0 Å². The largest absolute Gasteiger partial charge is 0.469 e. The zero-order valence-corrected chi connectivity index (χ0v) is 13.1. The van der Waals surface area contributed by atoms with Crippen LogP contribution in [-0.2, 0) is 9.53 Å². The number of carbonyl (C=O) groups is 2. The zero-order valence-electron chi connectivity index (χ0n) is 11.5. The molecule has 0 saturated carbocycles. The fourth-order valence-electron chi connectivity index (χ4n) is 2.55. The highest BCUT2D eigenvalue weighted by molar-refractivity contribution is 9.10. The Balaban J connectivity index is 2.17. The van der Waals surface area contributed by atoms with E-state index in [2.05, 4.69) is 15.9 Å². The Kier molecular flexibility index (Phi) is 5.17. The van der Waals surface area contributed by atoms with Crippen LogP contribution in [0.15, 0.2) is 28.7 Å². The van der Waals surface area contributed by atoms with Crippen LogP contribution in [0.3, 0.4) is 0 Å². The third-order valence-electron chi connectivity index (χ3n) is 3.62. The van der Waals surface area contributed by atoms with Crippen molar-refractivity contribution in [1.82, 2.24) is 4.90 Å². The van der Waals surface area contributed by atoms with Gasteiger partial charge in [0, 0.05) is 17.1 Å². The fraction of sp³-hybridized carbons (Fsp3) is 0.467. The maximum atomic E-state index is 12.6. The van der Waals surface area contributed by atoms with Gasteiger partial charge in [-0.25, -0.2) is 0 Å². The number of hydrogen-bond acceptors (Lipinski definition) is 3. The van der Waals surface area contributed by atoms with E-state index in [0.717, 1.165) is 23.7 Å². The molecular formula is C15H18BrNO3. The Labute approximate surface area is 127 Å². The van der Waals surface area contributed by atoms with Crippen molar-refractivity contribution in [1.29, 1.82) is 0 Å². The van der Waals surface area contributed by atoms with Gasteiger partial charge in [-0.1, -0.05) is 12.1 Å². The summed E-state index contributed by atoms with van der Waals surface area (Å²) >= 11 is 3.41. The molecule has 2 rings (SSSR count). The van der Waals surface area contributed by atoms with Gasteiger partial charge in [0.1, 0.15) is 0 Å². The maximum Gasteiger partial charge on any atom is 0.307 e. The standard InChI is InChI=1S/C15H18BrNO3/c1-20-14(18)10-11-6-4-5-9-17(11)15(19)12-7-2-3-8-13(12)16/h2-3,7-8,11H,4-6,9-10H2,1H3. The molecule has 0 N–H and O–H groups in total. The average molecular weight is 340 g/mol. The molecular weight excluding hydrogens is 322 g/mol. The minimum atomic E-state index is -0.262. The number of ether oxygens (including phenoxy) is 1. The molecule has 20 heavy (non-hydrogen) atoms. The number of rotatable bonds is 3. The molecule has 1 atom stereocenters. The van der Waals surface area contributed by atoms with Crippen LogP contribution in [0.4, 0.5) is 0 Å². The molecule has 0 aromatic heterocycles. The number of nitrogens with zero attached hydrogens (tertiary/aromatic N) is 1. The van der Waals surface area contributed by atoms with Crippen molar-refractivity contribution >= 4 is 27.8 Å². The highest BCUT2D eigenvalue weighted by Gasteiger charge is 2.30. The van der Waals surface area contributed by atoms with Gasteiger partial charge in [0.2, 0.25) is 0 Å². The summed E-state index contributed by atoms with van der Waals surface area (Å²) in [6, 6.07) is 7.32. The van der Waals surface area contributed by atoms with Crippen LogP contribution in [0.1, 0.15) is 36.0 Å². The lowest BCUT2D eigenvalue weighted by Crippen LogP contribution is -2.45. The molecule has 108 valence electrons. The number of benzene rings is 1. The van der Waals surface area contributed by atoms with Gasteiger partial charge in [-0.15, -0.1) is 0 Å². The summed E-state index contributed by atoms with van der Waals surface area (Å²) in [6.07, 6.45) is 3.15. The third-order valence-corrected chi connectivity index (χ3v) is 4.31. The lowest BCUT2D eigenvalue weighted by molar-refractivity contribution is -0.142. The molecule has 1 unspecified atom stereocenters. The number of amides is 1. The van der Waals surface area contributed by atoms with Crippen LogP contribution in [0.2, 0.25) is 0 Å². The summed E-state index contributed by atoms with van der Waals surface area (Å²) in [6.45, 7) is 0.696. The van der Waals surface area contributed by atoms with E-state index in [-0.39, 0.29) is 24.3 Å². The summed E-state index contributed by atoms with van der Waals surface area (Å²) in [4.78, 5) is 25.9. The van der Waals surface area contributed by atoms with E-state index in [1.807, 2.05) is 18.2 Å². The van der Waals surface area contributed by atoms with Gasteiger partial charge in [-0.3, -0.25) is 9.59 Å². The normalized spacial score (nSPS) is 18.7. The number of methoxy groups -OCH3 is 1. The van der Waals surface area contributed by atoms with Gasteiger partial charge in [-0.05, 0) is 47.3 Å². The second-order valence-electron chi connectivity index (χ2n) is 4.91. The first-order chi connectivity index (χ1) is 9.63. The van der Waals surface area contributed by atoms with Gasteiger partial charge in [0.05, 0.1) is 19.1 Å². The molecule has 1 heterocycles. The van der Waals surface area contributed by atoms with Crippen molar-refractivity contribution in [3.63, 3.8) is 0 Å². The molecule has 1 aromatic carbocycles. The monoisotopic (exact) mass is 339 g/mol. The van der Waals surface area contributed by atoms with Crippen LogP contribution >= 0.6 is 15.9 Å². The minimum absolute atomic E-state index is 0.0221. The van der Waals surface area contributed by atoms with E-state index in [9.17, 15) is 9.59 Å². The van der Waals surface area contributed by atoms with Crippen molar-refractivity contribution < 1.29 is 14.3 Å². The molecule has 1 amide bonds.